The largest absolute Gasteiger partial charge is 0.335 e. The van der Waals surface area contributed by atoms with Gasteiger partial charge in [-0.15, -0.1) is 0 Å². The second kappa shape index (κ2) is 4.20. The number of aromatic nitrogens is 1. The molecule has 3 heteroatoms. The molecule has 0 radical (unpaired) electrons. The molecule has 0 aliphatic heterocycles. The molecule has 2 nitrogen and oxygen atoms in total. The van der Waals surface area contributed by atoms with E-state index < -0.39 is 0 Å². The molecule has 0 amide bonds. The lowest BCUT2D eigenvalue weighted by atomic mass is 10.2. The van der Waals surface area contributed by atoms with Crippen LogP contribution in [0.25, 0.3) is 0 Å². The van der Waals surface area contributed by atoms with E-state index in [2.05, 4.69) is 6.07 Å². The zero-order chi connectivity index (χ0) is 10.7. The van der Waals surface area contributed by atoms with Crippen molar-refractivity contribution >= 4 is 11.6 Å². The molecule has 0 spiro atoms. The quantitative estimate of drug-likeness (QED) is 0.759. The molecule has 0 atom stereocenters. The smallest absolute Gasteiger partial charge is 0.120 e. The first kappa shape index (κ1) is 9.82. The molecular weight excluding hydrogens is 208 g/mol. The van der Waals surface area contributed by atoms with Gasteiger partial charge in [-0.3, -0.25) is 0 Å². The van der Waals surface area contributed by atoms with Crippen molar-refractivity contribution in [1.82, 2.24) is 4.57 Å². The topological polar surface area (TPSA) is 28.7 Å². The van der Waals surface area contributed by atoms with Gasteiger partial charge in [0.05, 0.1) is 0 Å². The van der Waals surface area contributed by atoms with Gasteiger partial charge in [-0.2, -0.15) is 5.26 Å². The van der Waals surface area contributed by atoms with Gasteiger partial charge in [-0.05, 0) is 29.8 Å². The monoisotopic (exact) mass is 216 g/mol. The minimum atomic E-state index is 0.662. The standard InChI is InChI=1S/C12H9ClN2/c13-11-4-1-3-10(7-11)9-15-6-2-5-12(15)8-14/h1-7H,9H2. The summed E-state index contributed by atoms with van der Waals surface area (Å²) in [6, 6.07) is 13.4. The highest BCUT2D eigenvalue weighted by atomic mass is 35.5. The zero-order valence-corrected chi connectivity index (χ0v) is 8.78. The Bertz CT molecular complexity index is 508. The lowest BCUT2D eigenvalue weighted by Gasteiger charge is -2.04. The third kappa shape index (κ3) is 2.20. The Morgan fingerprint density at radius 1 is 1.27 bits per heavy atom. The predicted molar refractivity (Wildman–Crippen MR) is 59.7 cm³/mol. The van der Waals surface area contributed by atoms with Gasteiger partial charge >= 0.3 is 0 Å². The summed E-state index contributed by atoms with van der Waals surface area (Å²) >= 11 is 5.88. The summed E-state index contributed by atoms with van der Waals surface area (Å²) in [5, 5.41) is 9.56. The number of benzene rings is 1. The van der Waals surface area contributed by atoms with Gasteiger partial charge in [-0.25, -0.2) is 0 Å². The third-order valence-corrected chi connectivity index (χ3v) is 2.42. The van der Waals surface area contributed by atoms with E-state index in [-0.39, 0.29) is 0 Å². The molecule has 2 aromatic rings. The fourth-order valence-corrected chi connectivity index (χ4v) is 1.70. The fraction of sp³-hybridized carbons (Fsp3) is 0.0833. The van der Waals surface area contributed by atoms with E-state index in [4.69, 9.17) is 16.9 Å². The molecule has 0 saturated heterocycles. The van der Waals surface area contributed by atoms with Crippen molar-refractivity contribution in [2.45, 2.75) is 6.54 Å². The fourth-order valence-electron chi connectivity index (χ4n) is 1.49. The maximum absolute atomic E-state index is 8.84. The Kier molecular flexibility index (Phi) is 2.75. The van der Waals surface area contributed by atoms with Crippen LogP contribution < -0.4 is 0 Å². The van der Waals surface area contributed by atoms with Crippen molar-refractivity contribution in [3.8, 4) is 6.07 Å². The van der Waals surface area contributed by atoms with Gasteiger partial charge in [0.25, 0.3) is 0 Å². The summed E-state index contributed by atoms with van der Waals surface area (Å²) in [5.41, 5.74) is 1.75. The lowest BCUT2D eigenvalue weighted by molar-refractivity contribution is 0.793. The molecule has 0 aliphatic rings. The average molecular weight is 217 g/mol. The van der Waals surface area contributed by atoms with Crippen molar-refractivity contribution in [1.29, 1.82) is 5.26 Å². The zero-order valence-electron chi connectivity index (χ0n) is 8.02. The van der Waals surface area contributed by atoms with Gasteiger partial charge in [0, 0.05) is 17.8 Å². The van der Waals surface area contributed by atoms with Crippen molar-refractivity contribution in [3.63, 3.8) is 0 Å². The minimum Gasteiger partial charge on any atom is -0.335 e. The van der Waals surface area contributed by atoms with Gasteiger partial charge < -0.3 is 4.57 Å². The van der Waals surface area contributed by atoms with Crippen LogP contribution in [0.4, 0.5) is 0 Å². The van der Waals surface area contributed by atoms with E-state index in [9.17, 15) is 0 Å². The van der Waals surface area contributed by atoms with Crippen molar-refractivity contribution < 1.29 is 0 Å². The molecule has 1 heterocycles. The third-order valence-electron chi connectivity index (χ3n) is 2.19. The molecule has 74 valence electrons. The molecule has 0 bridgehead atoms. The van der Waals surface area contributed by atoms with Crippen LogP contribution in [-0.4, -0.2) is 4.57 Å². The second-order valence-electron chi connectivity index (χ2n) is 3.26. The Hall–Kier alpha value is -1.72. The maximum atomic E-state index is 8.84. The Morgan fingerprint density at radius 2 is 2.13 bits per heavy atom. The molecule has 0 saturated carbocycles. The van der Waals surface area contributed by atoms with Gasteiger partial charge in [-0.1, -0.05) is 23.7 Å². The summed E-state index contributed by atoms with van der Waals surface area (Å²) in [6.45, 7) is 0.677. The molecule has 0 fully saturated rings. The molecule has 1 aromatic heterocycles. The van der Waals surface area contributed by atoms with E-state index in [0.29, 0.717) is 12.2 Å². The molecule has 1 aromatic carbocycles. The highest BCUT2D eigenvalue weighted by Gasteiger charge is 2.00. The van der Waals surface area contributed by atoms with Gasteiger partial charge in [0.1, 0.15) is 11.8 Å². The van der Waals surface area contributed by atoms with E-state index in [1.807, 2.05) is 41.1 Å². The first-order chi connectivity index (χ1) is 7.29. The summed E-state index contributed by atoms with van der Waals surface area (Å²) in [7, 11) is 0. The van der Waals surface area contributed by atoms with Crippen LogP contribution in [0, 0.1) is 11.3 Å². The van der Waals surface area contributed by atoms with Crippen molar-refractivity contribution in [2.75, 3.05) is 0 Å². The average Bonchev–Trinajstić information content (AvgIpc) is 2.65. The molecular formula is C12H9ClN2. The predicted octanol–water partition coefficient (Wildman–Crippen LogP) is 3.06. The summed E-state index contributed by atoms with van der Waals surface area (Å²) in [4.78, 5) is 0. The number of rotatable bonds is 2. The maximum Gasteiger partial charge on any atom is 0.120 e. The minimum absolute atomic E-state index is 0.662. The van der Waals surface area contributed by atoms with Crippen LogP contribution in [0.5, 0.6) is 0 Å². The lowest BCUT2D eigenvalue weighted by Crippen LogP contribution is -2.00. The number of hydrogen-bond acceptors (Lipinski definition) is 1. The van der Waals surface area contributed by atoms with Crippen LogP contribution in [0.2, 0.25) is 5.02 Å². The number of halogens is 1. The Morgan fingerprint density at radius 3 is 2.87 bits per heavy atom. The van der Waals surface area contributed by atoms with E-state index in [0.717, 1.165) is 10.6 Å². The summed E-state index contributed by atoms with van der Waals surface area (Å²) in [5.74, 6) is 0. The van der Waals surface area contributed by atoms with E-state index in [1.165, 1.54) is 0 Å². The van der Waals surface area contributed by atoms with Crippen LogP contribution in [0.3, 0.4) is 0 Å². The molecule has 2 rings (SSSR count). The van der Waals surface area contributed by atoms with Crippen LogP contribution >= 0.6 is 11.6 Å². The van der Waals surface area contributed by atoms with Crippen LogP contribution in [0.1, 0.15) is 11.3 Å². The number of hydrogen-bond donors (Lipinski definition) is 0. The normalized spacial score (nSPS) is 9.87. The number of nitriles is 1. The molecule has 0 N–H and O–H groups in total. The SMILES string of the molecule is N#Cc1cccn1Cc1cccc(Cl)c1. The van der Waals surface area contributed by atoms with E-state index in [1.54, 1.807) is 6.07 Å². The van der Waals surface area contributed by atoms with E-state index >= 15 is 0 Å². The van der Waals surface area contributed by atoms with Crippen LogP contribution in [0.15, 0.2) is 42.6 Å². The Balaban J connectivity index is 2.26. The first-order valence-electron chi connectivity index (χ1n) is 4.59. The molecule has 15 heavy (non-hydrogen) atoms. The number of nitrogens with zero attached hydrogens (tertiary/aromatic N) is 2. The highest BCUT2D eigenvalue weighted by Crippen LogP contribution is 2.13. The first-order valence-corrected chi connectivity index (χ1v) is 4.97. The summed E-state index contributed by atoms with van der Waals surface area (Å²) < 4.78 is 1.89. The van der Waals surface area contributed by atoms with Crippen molar-refractivity contribution in [3.05, 3.63) is 58.9 Å². The highest BCUT2D eigenvalue weighted by molar-refractivity contribution is 6.30. The van der Waals surface area contributed by atoms with Gasteiger partial charge in [0.15, 0.2) is 0 Å². The van der Waals surface area contributed by atoms with Gasteiger partial charge in [0.2, 0.25) is 0 Å². The van der Waals surface area contributed by atoms with Crippen molar-refractivity contribution in [2.24, 2.45) is 0 Å². The molecule has 0 aliphatic carbocycles. The Labute approximate surface area is 93.3 Å². The van der Waals surface area contributed by atoms with Crippen LogP contribution in [-0.2, 0) is 6.54 Å². The summed E-state index contributed by atoms with van der Waals surface area (Å²) in [6.07, 6.45) is 1.89. The molecule has 0 unspecified atom stereocenters. The second-order valence-corrected chi connectivity index (χ2v) is 3.70.